The van der Waals surface area contributed by atoms with E-state index in [9.17, 15) is 4.79 Å². The van der Waals surface area contributed by atoms with Crippen LogP contribution in [0.1, 0.15) is 13.8 Å². The fourth-order valence-electron chi connectivity index (χ4n) is 2.42. The Bertz CT molecular complexity index is 887. The highest BCUT2D eigenvalue weighted by Gasteiger charge is 2.10. The van der Waals surface area contributed by atoms with Gasteiger partial charge in [0.05, 0.1) is 24.1 Å². The Morgan fingerprint density at radius 2 is 1.74 bits per heavy atom. The molecule has 0 aliphatic rings. The molecular formula is C18H18N2O3. The minimum atomic E-state index is -0.155. The van der Waals surface area contributed by atoms with Crippen LogP contribution in [0, 0.1) is 0 Å². The summed E-state index contributed by atoms with van der Waals surface area (Å²) in [6.45, 7) is 4.93. The molecule has 0 spiro atoms. The summed E-state index contributed by atoms with van der Waals surface area (Å²) in [6.07, 6.45) is 0. The first-order chi connectivity index (χ1) is 11.2. The first-order valence-electron chi connectivity index (χ1n) is 7.62. The van der Waals surface area contributed by atoms with Crippen LogP contribution in [0.2, 0.25) is 0 Å². The molecule has 0 saturated carbocycles. The van der Waals surface area contributed by atoms with Crippen molar-refractivity contribution in [3.63, 3.8) is 0 Å². The lowest BCUT2D eigenvalue weighted by Gasteiger charge is -2.12. The van der Waals surface area contributed by atoms with Crippen LogP contribution in [0.4, 0.5) is 0 Å². The first kappa shape index (κ1) is 15.1. The van der Waals surface area contributed by atoms with Crippen LogP contribution in [0.25, 0.3) is 22.3 Å². The average molecular weight is 310 g/mol. The summed E-state index contributed by atoms with van der Waals surface area (Å²) in [7, 11) is 0. The topological polar surface area (TPSA) is 64.2 Å². The van der Waals surface area contributed by atoms with Gasteiger partial charge in [0.25, 0.3) is 5.56 Å². The third-order valence-corrected chi connectivity index (χ3v) is 3.43. The molecule has 3 rings (SSSR count). The maximum Gasteiger partial charge on any atom is 0.259 e. The largest absolute Gasteiger partial charge is 0.490 e. The van der Waals surface area contributed by atoms with Crippen molar-refractivity contribution < 1.29 is 9.47 Å². The van der Waals surface area contributed by atoms with E-state index in [1.54, 1.807) is 6.07 Å². The summed E-state index contributed by atoms with van der Waals surface area (Å²) in [4.78, 5) is 19.6. The molecular weight excluding hydrogens is 292 g/mol. The number of rotatable bonds is 5. The van der Waals surface area contributed by atoms with Crippen molar-refractivity contribution in [2.75, 3.05) is 13.2 Å². The van der Waals surface area contributed by atoms with Crippen molar-refractivity contribution in [1.82, 2.24) is 9.97 Å². The Morgan fingerprint density at radius 3 is 2.52 bits per heavy atom. The minimum Gasteiger partial charge on any atom is -0.490 e. The van der Waals surface area contributed by atoms with Gasteiger partial charge < -0.3 is 14.5 Å². The molecule has 0 saturated heterocycles. The van der Waals surface area contributed by atoms with Gasteiger partial charge in [-0.15, -0.1) is 0 Å². The van der Waals surface area contributed by atoms with E-state index in [0.29, 0.717) is 41.4 Å². The van der Waals surface area contributed by atoms with Crippen LogP contribution in [0.3, 0.4) is 0 Å². The molecule has 0 unspecified atom stereocenters. The maximum atomic E-state index is 12.2. The second-order valence-electron chi connectivity index (χ2n) is 4.96. The molecule has 1 N–H and O–H groups in total. The Kier molecular flexibility index (Phi) is 4.28. The van der Waals surface area contributed by atoms with Gasteiger partial charge in [-0.2, -0.15) is 0 Å². The third-order valence-electron chi connectivity index (χ3n) is 3.43. The molecule has 5 nitrogen and oxygen atoms in total. The van der Waals surface area contributed by atoms with Crippen molar-refractivity contribution in [2.45, 2.75) is 13.8 Å². The summed E-state index contributed by atoms with van der Waals surface area (Å²) in [5.41, 5.74) is 1.29. The number of benzene rings is 2. The molecule has 0 aliphatic carbocycles. The number of para-hydroxylation sites is 1. The van der Waals surface area contributed by atoms with Crippen molar-refractivity contribution in [2.24, 2.45) is 0 Å². The normalized spacial score (nSPS) is 10.7. The fraction of sp³-hybridized carbons (Fsp3) is 0.222. The Hall–Kier alpha value is -2.82. The van der Waals surface area contributed by atoms with Crippen molar-refractivity contribution in [1.29, 1.82) is 0 Å². The lowest BCUT2D eigenvalue weighted by atomic mass is 10.1. The highest BCUT2D eigenvalue weighted by molar-refractivity contribution is 5.79. The number of aromatic nitrogens is 2. The zero-order chi connectivity index (χ0) is 16.2. The number of hydrogen-bond donors (Lipinski definition) is 1. The Labute approximate surface area is 133 Å². The number of nitrogens with zero attached hydrogens (tertiary/aromatic N) is 1. The van der Waals surface area contributed by atoms with E-state index in [2.05, 4.69) is 9.97 Å². The molecule has 1 aromatic heterocycles. The van der Waals surface area contributed by atoms with Crippen LogP contribution in [-0.4, -0.2) is 23.2 Å². The zero-order valence-electron chi connectivity index (χ0n) is 13.1. The van der Waals surface area contributed by atoms with Crippen molar-refractivity contribution >= 4 is 10.9 Å². The molecule has 3 aromatic rings. The maximum absolute atomic E-state index is 12.2. The monoisotopic (exact) mass is 310 g/mol. The smallest absolute Gasteiger partial charge is 0.259 e. The summed E-state index contributed by atoms with van der Waals surface area (Å²) in [5, 5.41) is 0.576. The lowest BCUT2D eigenvalue weighted by Crippen LogP contribution is -2.09. The van der Waals surface area contributed by atoms with Crippen LogP contribution < -0.4 is 15.0 Å². The molecule has 0 radical (unpaired) electrons. The molecule has 23 heavy (non-hydrogen) atoms. The molecule has 0 bridgehead atoms. The van der Waals surface area contributed by atoms with Crippen LogP contribution in [0.15, 0.2) is 47.3 Å². The Balaban J connectivity index is 2.11. The third kappa shape index (κ3) is 3.04. The predicted molar refractivity (Wildman–Crippen MR) is 90.1 cm³/mol. The number of hydrogen-bond acceptors (Lipinski definition) is 4. The van der Waals surface area contributed by atoms with E-state index >= 15 is 0 Å². The van der Waals surface area contributed by atoms with Crippen LogP contribution >= 0.6 is 0 Å². The van der Waals surface area contributed by atoms with Gasteiger partial charge >= 0.3 is 0 Å². The second kappa shape index (κ2) is 6.52. The quantitative estimate of drug-likeness (QED) is 0.784. The summed E-state index contributed by atoms with van der Waals surface area (Å²) in [6, 6.07) is 12.8. The van der Waals surface area contributed by atoms with Crippen LogP contribution in [0.5, 0.6) is 11.5 Å². The molecule has 0 amide bonds. The average Bonchev–Trinajstić information content (AvgIpc) is 2.57. The van der Waals surface area contributed by atoms with E-state index in [-0.39, 0.29) is 5.56 Å². The zero-order valence-corrected chi connectivity index (χ0v) is 13.1. The predicted octanol–water partition coefficient (Wildman–Crippen LogP) is 3.39. The number of H-pyrrole nitrogens is 1. The Morgan fingerprint density at radius 1 is 1.00 bits per heavy atom. The second-order valence-corrected chi connectivity index (χ2v) is 4.96. The molecule has 2 aromatic carbocycles. The number of nitrogens with one attached hydrogen (secondary N) is 1. The van der Waals surface area contributed by atoms with Gasteiger partial charge in [-0.25, -0.2) is 4.98 Å². The number of fused-ring (bicyclic) bond motifs is 1. The van der Waals surface area contributed by atoms with E-state index in [4.69, 9.17) is 9.47 Å². The molecule has 1 heterocycles. The van der Waals surface area contributed by atoms with Gasteiger partial charge in [-0.3, -0.25) is 4.79 Å². The minimum absolute atomic E-state index is 0.155. The van der Waals surface area contributed by atoms with Gasteiger partial charge in [0, 0.05) is 5.56 Å². The van der Waals surface area contributed by atoms with Crippen molar-refractivity contribution in [3.05, 3.63) is 52.8 Å². The first-order valence-corrected chi connectivity index (χ1v) is 7.62. The summed E-state index contributed by atoms with van der Waals surface area (Å²) >= 11 is 0. The molecule has 118 valence electrons. The highest BCUT2D eigenvalue weighted by atomic mass is 16.5. The van der Waals surface area contributed by atoms with Crippen LogP contribution in [-0.2, 0) is 0 Å². The number of ether oxygens (including phenoxy) is 2. The van der Waals surface area contributed by atoms with Gasteiger partial charge in [-0.1, -0.05) is 12.1 Å². The standard InChI is InChI=1S/C18H18N2O3/c1-3-22-15-10-9-12(11-16(15)23-4-2)17-19-14-8-6-5-7-13(14)18(21)20-17/h5-11H,3-4H2,1-2H3,(H,19,20,21). The van der Waals surface area contributed by atoms with Gasteiger partial charge in [0.2, 0.25) is 0 Å². The van der Waals surface area contributed by atoms with E-state index < -0.39 is 0 Å². The SMILES string of the molecule is CCOc1ccc(-c2nc3ccccc3c(=O)[nH]2)cc1OCC. The lowest BCUT2D eigenvalue weighted by molar-refractivity contribution is 0.288. The van der Waals surface area contributed by atoms with Gasteiger partial charge in [0.15, 0.2) is 11.5 Å². The van der Waals surface area contributed by atoms with Gasteiger partial charge in [0.1, 0.15) is 5.82 Å². The van der Waals surface area contributed by atoms with Gasteiger partial charge in [-0.05, 0) is 44.2 Å². The van der Waals surface area contributed by atoms with Crippen molar-refractivity contribution in [3.8, 4) is 22.9 Å². The fourth-order valence-corrected chi connectivity index (χ4v) is 2.42. The molecule has 0 atom stereocenters. The molecule has 5 heteroatoms. The molecule has 0 fully saturated rings. The highest BCUT2D eigenvalue weighted by Crippen LogP contribution is 2.31. The summed E-state index contributed by atoms with van der Waals surface area (Å²) < 4.78 is 11.2. The summed E-state index contributed by atoms with van der Waals surface area (Å²) in [5.74, 6) is 1.83. The molecule has 0 aliphatic heterocycles. The number of aromatic amines is 1. The van der Waals surface area contributed by atoms with E-state index in [1.165, 1.54) is 0 Å². The van der Waals surface area contributed by atoms with E-state index in [0.717, 1.165) is 5.56 Å². The van der Waals surface area contributed by atoms with E-state index in [1.807, 2.05) is 50.2 Å².